The largest absolute Gasteiger partial charge is 0.391 e. The zero-order valence-electron chi connectivity index (χ0n) is 14.6. The first-order chi connectivity index (χ1) is 11.5. The fraction of sp³-hybridized carbons (Fsp3) is 0.667. The van der Waals surface area contributed by atoms with Gasteiger partial charge in [0, 0.05) is 11.8 Å². The first-order valence-electron chi connectivity index (χ1n) is 9.57. The molecule has 4 aliphatic carbocycles. The SMILES string of the molecule is CC(NC(=O)C12CC3CC(CC(C3)C1)C2)C(O)Cc1ccccc1. The lowest BCUT2D eigenvalue weighted by Gasteiger charge is -2.55. The van der Waals surface area contributed by atoms with E-state index in [9.17, 15) is 9.90 Å². The van der Waals surface area contributed by atoms with Crippen LogP contribution in [0, 0.1) is 23.2 Å². The van der Waals surface area contributed by atoms with Crippen LogP contribution in [0.3, 0.4) is 0 Å². The summed E-state index contributed by atoms with van der Waals surface area (Å²) < 4.78 is 0. The Morgan fingerprint density at radius 2 is 1.67 bits per heavy atom. The maximum absolute atomic E-state index is 13.0. The van der Waals surface area contributed by atoms with Gasteiger partial charge in [-0.1, -0.05) is 30.3 Å². The van der Waals surface area contributed by atoms with Gasteiger partial charge in [0.05, 0.1) is 12.1 Å². The predicted molar refractivity (Wildman–Crippen MR) is 94.4 cm³/mol. The van der Waals surface area contributed by atoms with Gasteiger partial charge in [0.1, 0.15) is 0 Å². The highest BCUT2D eigenvalue weighted by Crippen LogP contribution is 2.60. The number of benzene rings is 1. The number of rotatable bonds is 5. The summed E-state index contributed by atoms with van der Waals surface area (Å²) in [6, 6.07) is 9.80. The van der Waals surface area contributed by atoms with Gasteiger partial charge in [0.2, 0.25) is 5.91 Å². The molecule has 0 spiro atoms. The fourth-order valence-electron chi connectivity index (χ4n) is 5.88. The second-order valence-corrected chi connectivity index (χ2v) is 8.72. The van der Waals surface area contributed by atoms with Crippen molar-refractivity contribution >= 4 is 5.91 Å². The van der Waals surface area contributed by atoms with Crippen molar-refractivity contribution < 1.29 is 9.90 Å². The number of amides is 1. The molecule has 0 heterocycles. The Morgan fingerprint density at radius 1 is 1.12 bits per heavy atom. The average molecular weight is 327 g/mol. The summed E-state index contributed by atoms with van der Waals surface area (Å²) in [7, 11) is 0. The van der Waals surface area contributed by atoms with Gasteiger partial charge in [0.15, 0.2) is 0 Å². The minimum atomic E-state index is -0.537. The lowest BCUT2D eigenvalue weighted by molar-refractivity contribution is -0.147. The Hall–Kier alpha value is -1.35. The molecule has 5 rings (SSSR count). The van der Waals surface area contributed by atoms with Crippen LogP contribution in [0.1, 0.15) is 51.0 Å². The number of carbonyl (C=O) groups excluding carboxylic acids is 1. The Kier molecular flexibility index (Phi) is 4.16. The first kappa shape index (κ1) is 16.1. The van der Waals surface area contributed by atoms with Gasteiger partial charge in [-0.2, -0.15) is 0 Å². The Balaban J connectivity index is 1.39. The van der Waals surface area contributed by atoms with Crippen LogP contribution in [-0.2, 0) is 11.2 Å². The number of aliphatic hydroxyl groups is 1. The number of carbonyl (C=O) groups is 1. The second-order valence-electron chi connectivity index (χ2n) is 8.72. The van der Waals surface area contributed by atoms with E-state index in [1.54, 1.807) is 0 Å². The predicted octanol–water partition coefficient (Wildman–Crippen LogP) is 3.31. The smallest absolute Gasteiger partial charge is 0.226 e. The van der Waals surface area contributed by atoms with Crippen molar-refractivity contribution in [3.63, 3.8) is 0 Å². The summed E-state index contributed by atoms with van der Waals surface area (Å²) in [5, 5.41) is 13.7. The van der Waals surface area contributed by atoms with Crippen molar-refractivity contribution in [1.82, 2.24) is 5.32 Å². The molecular weight excluding hydrogens is 298 g/mol. The van der Waals surface area contributed by atoms with E-state index in [1.165, 1.54) is 19.3 Å². The molecule has 0 saturated heterocycles. The minimum Gasteiger partial charge on any atom is -0.391 e. The van der Waals surface area contributed by atoms with Crippen LogP contribution in [0.5, 0.6) is 0 Å². The molecule has 130 valence electrons. The lowest BCUT2D eigenvalue weighted by Crippen LogP contribution is -2.56. The van der Waals surface area contributed by atoms with Crippen LogP contribution >= 0.6 is 0 Å². The third kappa shape index (κ3) is 2.99. The van der Waals surface area contributed by atoms with Crippen molar-refractivity contribution in [1.29, 1.82) is 0 Å². The van der Waals surface area contributed by atoms with E-state index in [4.69, 9.17) is 0 Å². The second kappa shape index (κ2) is 6.18. The number of hydrogen-bond donors (Lipinski definition) is 2. The van der Waals surface area contributed by atoms with Crippen molar-refractivity contribution in [2.24, 2.45) is 23.2 Å². The third-order valence-electron chi connectivity index (χ3n) is 6.74. The first-order valence-corrected chi connectivity index (χ1v) is 9.57. The topological polar surface area (TPSA) is 49.3 Å². The Morgan fingerprint density at radius 3 is 2.21 bits per heavy atom. The van der Waals surface area contributed by atoms with Gasteiger partial charge in [-0.15, -0.1) is 0 Å². The summed E-state index contributed by atoms with van der Waals surface area (Å²) in [5.74, 6) is 2.52. The molecule has 1 amide bonds. The molecule has 4 saturated carbocycles. The molecular formula is C21H29NO2. The van der Waals surface area contributed by atoms with Crippen LogP contribution in [0.2, 0.25) is 0 Å². The number of nitrogens with one attached hydrogen (secondary N) is 1. The Labute approximate surface area is 144 Å². The molecule has 24 heavy (non-hydrogen) atoms. The average Bonchev–Trinajstić information content (AvgIpc) is 2.54. The Bertz CT molecular complexity index is 562. The highest BCUT2D eigenvalue weighted by Gasteiger charge is 2.54. The van der Waals surface area contributed by atoms with Crippen molar-refractivity contribution in [3.05, 3.63) is 35.9 Å². The van der Waals surface area contributed by atoms with E-state index >= 15 is 0 Å². The van der Waals surface area contributed by atoms with Crippen molar-refractivity contribution in [2.75, 3.05) is 0 Å². The van der Waals surface area contributed by atoms with Crippen LogP contribution < -0.4 is 5.32 Å². The standard InChI is InChI=1S/C21H29NO2/c1-14(19(23)10-15-5-3-2-4-6-15)22-20(24)21-11-16-7-17(12-21)9-18(8-16)13-21/h2-6,14,16-19,23H,7-13H2,1H3,(H,22,24). The normalized spacial score (nSPS) is 36.3. The van der Waals surface area contributed by atoms with Crippen molar-refractivity contribution in [2.45, 2.75) is 64.0 Å². The van der Waals surface area contributed by atoms with Gasteiger partial charge >= 0.3 is 0 Å². The molecule has 0 aromatic heterocycles. The zero-order valence-corrected chi connectivity index (χ0v) is 14.6. The molecule has 4 aliphatic rings. The molecule has 0 radical (unpaired) electrons. The monoisotopic (exact) mass is 327 g/mol. The molecule has 0 aliphatic heterocycles. The van der Waals surface area contributed by atoms with Crippen molar-refractivity contribution in [3.8, 4) is 0 Å². The fourth-order valence-corrected chi connectivity index (χ4v) is 5.88. The molecule has 1 aromatic carbocycles. The van der Waals surface area contributed by atoms with E-state index in [1.807, 2.05) is 37.3 Å². The number of aliphatic hydroxyl groups excluding tert-OH is 1. The molecule has 1 aromatic rings. The molecule has 2 atom stereocenters. The summed E-state index contributed by atoms with van der Waals surface area (Å²) >= 11 is 0. The summed E-state index contributed by atoms with van der Waals surface area (Å²) in [4.78, 5) is 13.0. The van der Waals surface area contributed by atoms with Gasteiger partial charge in [-0.3, -0.25) is 4.79 Å². The quantitative estimate of drug-likeness (QED) is 0.872. The van der Waals surface area contributed by atoms with E-state index in [0.29, 0.717) is 6.42 Å². The van der Waals surface area contributed by atoms with Gasteiger partial charge in [0.25, 0.3) is 0 Å². The van der Waals surface area contributed by atoms with Gasteiger partial charge in [-0.05, 0) is 68.8 Å². The summed E-state index contributed by atoms with van der Waals surface area (Å²) in [5.41, 5.74) is 0.982. The molecule has 4 bridgehead atoms. The van der Waals surface area contributed by atoms with Crippen LogP contribution in [-0.4, -0.2) is 23.2 Å². The summed E-state index contributed by atoms with van der Waals surface area (Å²) in [6.07, 6.45) is 7.31. The third-order valence-corrected chi connectivity index (χ3v) is 6.74. The molecule has 2 N–H and O–H groups in total. The van der Waals surface area contributed by atoms with Gasteiger partial charge in [-0.25, -0.2) is 0 Å². The zero-order chi connectivity index (χ0) is 16.7. The highest BCUT2D eigenvalue weighted by molar-refractivity contribution is 5.83. The van der Waals surface area contributed by atoms with E-state index in [-0.39, 0.29) is 17.4 Å². The maximum atomic E-state index is 13.0. The van der Waals surface area contributed by atoms with E-state index in [0.717, 1.165) is 42.6 Å². The number of hydrogen-bond acceptors (Lipinski definition) is 2. The molecule has 3 heteroatoms. The lowest BCUT2D eigenvalue weighted by atomic mass is 9.49. The molecule has 4 fully saturated rings. The van der Waals surface area contributed by atoms with E-state index < -0.39 is 6.10 Å². The van der Waals surface area contributed by atoms with Crippen LogP contribution in [0.25, 0.3) is 0 Å². The molecule has 2 unspecified atom stereocenters. The maximum Gasteiger partial charge on any atom is 0.226 e. The summed E-state index contributed by atoms with van der Waals surface area (Å²) in [6.45, 7) is 1.94. The van der Waals surface area contributed by atoms with Gasteiger partial charge < -0.3 is 10.4 Å². The highest BCUT2D eigenvalue weighted by atomic mass is 16.3. The van der Waals surface area contributed by atoms with Crippen LogP contribution in [0.15, 0.2) is 30.3 Å². The van der Waals surface area contributed by atoms with Crippen LogP contribution in [0.4, 0.5) is 0 Å². The van der Waals surface area contributed by atoms with E-state index in [2.05, 4.69) is 5.32 Å². The minimum absolute atomic E-state index is 0.129. The molecule has 3 nitrogen and oxygen atoms in total.